The number of nitrogens with zero attached hydrogens (tertiary/aromatic N) is 3. The van der Waals surface area contributed by atoms with Gasteiger partial charge in [-0.1, -0.05) is 26.0 Å². The Morgan fingerprint density at radius 3 is 2.49 bits per heavy atom. The van der Waals surface area contributed by atoms with E-state index in [-0.39, 0.29) is 17.9 Å². The Morgan fingerprint density at radius 2 is 1.83 bits per heavy atom. The fourth-order valence-corrected chi connectivity index (χ4v) is 4.53. The first-order valence-corrected chi connectivity index (χ1v) is 12.7. The lowest BCUT2D eigenvalue weighted by molar-refractivity contribution is -0.145. The first-order valence-electron chi connectivity index (χ1n) is 12.7. The van der Waals surface area contributed by atoms with Gasteiger partial charge in [0.25, 0.3) is 0 Å². The van der Waals surface area contributed by atoms with Gasteiger partial charge in [-0.15, -0.1) is 0 Å². The van der Waals surface area contributed by atoms with Crippen molar-refractivity contribution < 1.29 is 14.3 Å². The number of para-hydroxylation sites is 1. The van der Waals surface area contributed by atoms with E-state index in [1.807, 2.05) is 57.1 Å². The van der Waals surface area contributed by atoms with Crippen LogP contribution in [0.25, 0.3) is 10.9 Å². The number of benzene rings is 1. The van der Waals surface area contributed by atoms with Crippen molar-refractivity contribution >= 4 is 34.7 Å². The van der Waals surface area contributed by atoms with Gasteiger partial charge in [0.05, 0.1) is 12.1 Å². The maximum atomic E-state index is 12.4. The quantitative estimate of drug-likeness (QED) is 0.438. The van der Waals surface area contributed by atoms with Crippen LogP contribution in [0.3, 0.4) is 0 Å². The largest absolute Gasteiger partial charge is 0.464 e. The lowest BCUT2D eigenvalue weighted by atomic mass is 9.86. The smallest absolute Gasteiger partial charge is 0.328 e. The average Bonchev–Trinajstić information content (AvgIpc) is 2.82. The summed E-state index contributed by atoms with van der Waals surface area (Å²) in [6.45, 7) is 6.69. The van der Waals surface area contributed by atoms with Crippen molar-refractivity contribution in [1.82, 2.24) is 20.6 Å². The second-order valence-corrected chi connectivity index (χ2v) is 9.93. The number of nitrogens with one attached hydrogen (secondary N) is 3. The Bertz CT molecular complexity index is 988. The minimum absolute atomic E-state index is 0.271. The third kappa shape index (κ3) is 7.70. The molecule has 0 unspecified atom stereocenters. The number of urea groups is 1. The SMILES string of the molecule is CCOC(=O)[C@H](CC(C)C)NC(=O)NC[C@H]1CC[C@@H](Nc2nc(N(C)C)c3ccccc3n2)CC1. The van der Waals surface area contributed by atoms with Gasteiger partial charge in [0, 0.05) is 32.1 Å². The van der Waals surface area contributed by atoms with Gasteiger partial charge in [0.2, 0.25) is 5.95 Å². The van der Waals surface area contributed by atoms with Gasteiger partial charge in [-0.05, 0) is 63.0 Å². The molecule has 1 aliphatic rings. The van der Waals surface area contributed by atoms with Crippen molar-refractivity contribution in [2.45, 2.75) is 65.0 Å². The van der Waals surface area contributed by atoms with Crippen molar-refractivity contribution in [1.29, 1.82) is 0 Å². The van der Waals surface area contributed by atoms with E-state index in [2.05, 4.69) is 16.0 Å². The molecular formula is C26H40N6O3. The van der Waals surface area contributed by atoms with Gasteiger partial charge >= 0.3 is 12.0 Å². The number of amides is 2. The molecule has 0 bridgehead atoms. The third-order valence-corrected chi connectivity index (χ3v) is 6.32. The van der Waals surface area contributed by atoms with E-state index < -0.39 is 6.04 Å². The zero-order chi connectivity index (χ0) is 25.4. The molecule has 1 fully saturated rings. The molecule has 0 radical (unpaired) electrons. The summed E-state index contributed by atoms with van der Waals surface area (Å²) in [6.07, 6.45) is 4.52. The highest BCUT2D eigenvalue weighted by atomic mass is 16.5. The van der Waals surface area contributed by atoms with Crippen molar-refractivity contribution in [2.24, 2.45) is 11.8 Å². The highest BCUT2D eigenvalue weighted by Gasteiger charge is 2.25. The molecule has 0 spiro atoms. The van der Waals surface area contributed by atoms with Gasteiger partial charge in [-0.25, -0.2) is 14.6 Å². The Hall–Kier alpha value is -3.10. The van der Waals surface area contributed by atoms with Crippen LogP contribution in [-0.2, 0) is 9.53 Å². The van der Waals surface area contributed by atoms with Crippen LogP contribution in [0.1, 0.15) is 52.9 Å². The first-order chi connectivity index (χ1) is 16.8. The van der Waals surface area contributed by atoms with Crippen LogP contribution in [0.5, 0.6) is 0 Å². The molecule has 9 heteroatoms. The van der Waals surface area contributed by atoms with E-state index in [0.29, 0.717) is 37.5 Å². The van der Waals surface area contributed by atoms with Crippen molar-refractivity contribution in [2.75, 3.05) is 37.5 Å². The minimum atomic E-state index is -0.621. The average molecular weight is 485 g/mol. The number of esters is 1. The zero-order valence-electron chi connectivity index (χ0n) is 21.6. The summed E-state index contributed by atoms with van der Waals surface area (Å²) in [5.74, 6) is 1.85. The van der Waals surface area contributed by atoms with Crippen LogP contribution < -0.4 is 20.9 Å². The second kappa shape index (κ2) is 12.6. The van der Waals surface area contributed by atoms with E-state index >= 15 is 0 Å². The molecule has 0 saturated heterocycles. The monoisotopic (exact) mass is 484 g/mol. The van der Waals surface area contributed by atoms with Crippen LogP contribution in [0.2, 0.25) is 0 Å². The molecule has 1 aliphatic carbocycles. The molecule has 9 nitrogen and oxygen atoms in total. The molecule has 1 saturated carbocycles. The minimum Gasteiger partial charge on any atom is -0.464 e. The molecule has 1 aromatic carbocycles. The molecule has 1 heterocycles. The molecule has 0 aliphatic heterocycles. The summed E-state index contributed by atoms with van der Waals surface area (Å²) >= 11 is 0. The van der Waals surface area contributed by atoms with E-state index in [0.717, 1.165) is 42.4 Å². The molecule has 3 rings (SSSR count). The van der Waals surface area contributed by atoms with Crippen LogP contribution in [0.4, 0.5) is 16.6 Å². The molecule has 1 atom stereocenters. The Kier molecular flexibility index (Phi) is 9.51. The highest BCUT2D eigenvalue weighted by Crippen LogP contribution is 2.28. The first kappa shape index (κ1) is 26.5. The summed E-state index contributed by atoms with van der Waals surface area (Å²) in [7, 11) is 3.98. The fraction of sp³-hybridized carbons (Fsp3) is 0.615. The molecule has 35 heavy (non-hydrogen) atoms. The molecule has 2 amide bonds. The number of ether oxygens (including phenoxy) is 1. The number of rotatable bonds is 10. The van der Waals surface area contributed by atoms with Gasteiger partial charge < -0.3 is 25.6 Å². The molecule has 1 aromatic heterocycles. The van der Waals surface area contributed by atoms with Gasteiger partial charge in [-0.3, -0.25) is 0 Å². The van der Waals surface area contributed by atoms with E-state index in [1.54, 1.807) is 6.92 Å². The molecular weight excluding hydrogens is 444 g/mol. The Balaban J connectivity index is 1.48. The second-order valence-electron chi connectivity index (χ2n) is 9.93. The van der Waals surface area contributed by atoms with E-state index in [4.69, 9.17) is 14.7 Å². The maximum Gasteiger partial charge on any atom is 0.328 e. The van der Waals surface area contributed by atoms with E-state index in [1.165, 1.54) is 0 Å². The van der Waals surface area contributed by atoms with Gasteiger partial charge in [0.1, 0.15) is 11.9 Å². The Labute approximate surface area is 208 Å². The number of carbonyl (C=O) groups is 2. The summed E-state index contributed by atoms with van der Waals surface area (Å²) in [4.78, 5) is 36.0. The van der Waals surface area contributed by atoms with Crippen LogP contribution >= 0.6 is 0 Å². The molecule has 2 aromatic rings. The predicted octanol–water partition coefficient (Wildman–Crippen LogP) is 3.94. The molecule has 192 valence electrons. The number of fused-ring (bicyclic) bond motifs is 1. The lowest BCUT2D eigenvalue weighted by Gasteiger charge is -2.29. The third-order valence-electron chi connectivity index (χ3n) is 6.32. The number of aromatic nitrogens is 2. The summed E-state index contributed by atoms with van der Waals surface area (Å²) in [5, 5.41) is 10.3. The standard InChI is InChI=1S/C26H40N6O3/c1-6-35-24(33)22(15-17(2)3)30-26(34)27-16-18-11-13-19(14-12-18)28-25-29-21-10-8-7-9-20(21)23(31-25)32(4)5/h7-10,17-19,22H,6,11-16H2,1-5H3,(H2,27,30,34)(H,28,29,31)/t18-,19+,22-/m0/s1. The summed E-state index contributed by atoms with van der Waals surface area (Å²) < 4.78 is 5.10. The van der Waals surface area contributed by atoms with Gasteiger partial charge in [-0.2, -0.15) is 4.98 Å². The van der Waals surface area contributed by atoms with Crippen molar-refractivity contribution in [3.63, 3.8) is 0 Å². The van der Waals surface area contributed by atoms with Crippen LogP contribution in [-0.4, -0.2) is 61.3 Å². The number of anilines is 2. The maximum absolute atomic E-state index is 12.4. The number of hydrogen-bond donors (Lipinski definition) is 3. The topological polar surface area (TPSA) is 108 Å². The van der Waals surface area contributed by atoms with Crippen molar-refractivity contribution in [3.05, 3.63) is 24.3 Å². The molecule has 3 N–H and O–H groups in total. The highest BCUT2D eigenvalue weighted by molar-refractivity contribution is 5.90. The normalized spacial score (nSPS) is 18.7. The lowest BCUT2D eigenvalue weighted by Crippen LogP contribution is -2.48. The van der Waals surface area contributed by atoms with Crippen LogP contribution in [0, 0.1) is 11.8 Å². The van der Waals surface area contributed by atoms with Gasteiger partial charge in [0.15, 0.2) is 0 Å². The van der Waals surface area contributed by atoms with Crippen LogP contribution in [0.15, 0.2) is 24.3 Å². The predicted molar refractivity (Wildman–Crippen MR) is 140 cm³/mol. The van der Waals surface area contributed by atoms with E-state index in [9.17, 15) is 9.59 Å². The Morgan fingerprint density at radius 1 is 1.11 bits per heavy atom. The number of hydrogen-bond acceptors (Lipinski definition) is 7. The zero-order valence-corrected chi connectivity index (χ0v) is 21.6. The number of carbonyl (C=O) groups excluding carboxylic acids is 2. The fourth-order valence-electron chi connectivity index (χ4n) is 4.53. The summed E-state index contributed by atoms with van der Waals surface area (Å²) in [5.41, 5.74) is 0.927. The van der Waals surface area contributed by atoms with Crippen molar-refractivity contribution in [3.8, 4) is 0 Å². The summed E-state index contributed by atoms with van der Waals surface area (Å²) in [6, 6.07) is 7.41.